The van der Waals surface area contributed by atoms with E-state index < -0.39 is 5.60 Å². The summed E-state index contributed by atoms with van der Waals surface area (Å²) in [5, 5.41) is 9.46. The van der Waals surface area contributed by atoms with Crippen LogP contribution in [0.2, 0.25) is 5.15 Å². The van der Waals surface area contributed by atoms with E-state index in [1.165, 1.54) is 6.20 Å². The van der Waals surface area contributed by atoms with Crippen LogP contribution >= 0.6 is 11.6 Å². The Morgan fingerprint density at radius 3 is 2.91 bits per heavy atom. The molecule has 0 saturated carbocycles. The van der Waals surface area contributed by atoms with Crippen LogP contribution in [0.3, 0.4) is 0 Å². The molecule has 0 aliphatic carbocycles. The topological polar surface area (TPSA) is 71.9 Å². The summed E-state index contributed by atoms with van der Waals surface area (Å²) in [4.78, 5) is 17.9. The normalized spacial score (nSPS) is 18.1. The first-order valence-corrected chi connectivity index (χ1v) is 8.05. The van der Waals surface area contributed by atoms with Crippen molar-refractivity contribution in [2.24, 2.45) is 0 Å². The fourth-order valence-electron chi connectivity index (χ4n) is 2.42. The molecule has 0 unspecified atom stereocenters. The lowest BCUT2D eigenvalue weighted by atomic mass is 10.2. The maximum Gasteiger partial charge on any atom is 0.410 e. The maximum absolute atomic E-state index is 12.2. The van der Waals surface area contributed by atoms with Crippen molar-refractivity contribution in [1.29, 1.82) is 0 Å². The van der Waals surface area contributed by atoms with Crippen LogP contribution < -0.4 is 4.74 Å². The smallest absolute Gasteiger partial charge is 0.410 e. The van der Waals surface area contributed by atoms with Crippen LogP contribution in [0.4, 0.5) is 4.79 Å². The van der Waals surface area contributed by atoms with E-state index in [2.05, 4.69) is 4.98 Å². The maximum atomic E-state index is 12.2. The van der Waals surface area contributed by atoms with Gasteiger partial charge in [-0.1, -0.05) is 11.6 Å². The summed E-state index contributed by atoms with van der Waals surface area (Å²) in [7, 11) is 0. The molecule has 1 aliphatic heterocycles. The number of pyridine rings is 1. The number of carbonyl (C=O) groups is 1. The second-order valence-electron chi connectivity index (χ2n) is 6.56. The number of aliphatic hydroxyl groups excluding tert-OH is 1. The summed E-state index contributed by atoms with van der Waals surface area (Å²) >= 11 is 5.85. The molecule has 1 atom stereocenters. The van der Waals surface area contributed by atoms with Gasteiger partial charge in [-0.05, 0) is 39.7 Å². The third kappa shape index (κ3) is 4.97. The summed E-state index contributed by atoms with van der Waals surface area (Å²) in [6, 6.07) is 1.63. The monoisotopic (exact) mass is 342 g/mol. The highest BCUT2D eigenvalue weighted by Crippen LogP contribution is 2.23. The minimum absolute atomic E-state index is 0.0295. The number of nitrogens with zero attached hydrogens (tertiary/aromatic N) is 2. The molecular formula is C16H23ClN2O4. The van der Waals surface area contributed by atoms with E-state index in [4.69, 9.17) is 21.1 Å². The highest BCUT2D eigenvalue weighted by molar-refractivity contribution is 6.30. The summed E-state index contributed by atoms with van der Waals surface area (Å²) < 4.78 is 11.1. The van der Waals surface area contributed by atoms with Gasteiger partial charge in [-0.15, -0.1) is 0 Å². The summed E-state index contributed by atoms with van der Waals surface area (Å²) in [5.74, 6) is 0.523. The van der Waals surface area contributed by atoms with E-state index >= 15 is 0 Å². The predicted molar refractivity (Wildman–Crippen MR) is 86.6 cm³/mol. The van der Waals surface area contributed by atoms with Crippen molar-refractivity contribution < 1.29 is 19.4 Å². The highest BCUT2D eigenvalue weighted by Gasteiger charge is 2.32. The molecule has 23 heavy (non-hydrogen) atoms. The standard InChI is InChI=1S/C16H23ClN2O4/c1-16(2,3)23-15(21)19-6-4-5-12(19)10-22-13-7-11(9-20)14(17)18-8-13/h7-8,12,20H,4-6,9-10H2,1-3H3/t12-/m0/s1. The lowest BCUT2D eigenvalue weighted by molar-refractivity contribution is 0.0187. The van der Waals surface area contributed by atoms with Crippen LogP contribution in [0.1, 0.15) is 39.2 Å². The van der Waals surface area contributed by atoms with Gasteiger partial charge in [0.15, 0.2) is 0 Å². The Morgan fingerprint density at radius 1 is 1.52 bits per heavy atom. The van der Waals surface area contributed by atoms with Crippen molar-refractivity contribution in [3.05, 3.63) is 23.0 Å². The molecule has 1 fully saturated rings. The minimum atomic E-state index is -0.513. The van der Waals surface area contributed by atoms with Gasteiger partial charge in [-0.3, -0.25) is 0 Å². The first kappa shape index (κ1) is 17.8. The highest BCUT2D eigenvalue weighted by atomic mass is 35.5. The Morgan fingerprint density at radius 2 is 2.26 bits per heavy atom. The van der Waals surface area contributed by atoms with Crippen LogP contribution in [-0.2, 0) is 11.3 Å². The number of ether oxygens (including phenoxy) is 2. The molecule has 0 spiro atoms. The average molecular weight is 343 g/mol. The number of aromatic nitrogens is 1. The van der Waals surface area contributed by atoms with E-state index in [9.17, 15) is 9.90 Å². The summed E-state index contributed by atoms with van der Waals surface area (Å²) in [5.41, 5.74) is 0.000815. The fourth-order valence-corrected chi connectivity index (χ4v) is 2.59. The van der Waals surface area contributed by atoms with E-state index in [0.717, 1.165) is 12.8 Å². The first-order chi connectivity index (χ1) is 10.8. The zero-order valence-electron chi connectivity index (χ0n) is 13.7. The molecule has 6 nitrogen and oxygen atoms in total. The van der Waals surface area contributed by atoms with Crippen molar-refractivity contribution in [2.45, 2.75) is 51.9 Å². The van der Waals surface area contributed by atoms with Crippen LogP contribution in [0.5, 0.6) is 5.75 Å². The number of amides is 1. The summed E-state index contributed by atoms with van der Waals surface area (Å²) in [6.45, 7) is 6.38. The van der Waals surface area contributed by atoms with Gasteiger partial charge in [-0.2, -0.15) is 0 Å². The fraction of sp³-hybridized carbons (Fsp3) is 0.625. The van der Waals surface area contributed by atoms with Crippen molar-refractivity contribution in [3.63, 3.8) is 0 Å². The molecular weight excluding hydrogens is 320 g/mol. The molecule has 1 aromatic rings. The number of aliphatic hydroxyl groups is 1. The molecule has 1 amide bonds. The Balaban J connectivity index is 1.95. The Bertz CT molecular complexity index is 560. The lowest BCUT2D eigenvalue weighted by Gasteiger charge is -2.28. The number of hydrogen-bond donors (Lipinski definition) is 1. The average Bonchev–Trinajstić information content (AvgIpc) is 2.93. The van der Waals surface area contributed by atoms with Gasteiger partial charge in [0.1, 0.15) is 23.1 Å². The van der Waals surface area contributed by atoms with E-state index in [1.807, 2.05) is 20.8 Å². The second kappa shape index (κ2) is 7.36. The molecule has 2 rings (SSSR count). The van der Waals surface area contributed by atoms with Crippen molar-refractivity contribution in [1.82, 2.24) is 9.88 Å². The molecule has 0 bridgehead atoms. The molecule has 2 heterocycles. The van der Waals surface area contributed by atoms with Crippen LogP contribution in [0, 0.1) is 0 Å². The zero-order chi connectivity index (χ0) is 17.0. The Kier molecular flexibility index (Phi) is 5.70. The van der Waals surface area contributed by atoms with Gasteiger partial charge in [0.2, 0.25) is 0 Å². The van der Waals surface area contributed by atoms with Crippen molar-refractivity contribution in [2.75, 3.05) is 13.2 Å². The van der Waals surface area contributed by atoms with E-state index in [0.29, 0.717) is 24.5 Å². The molecule has 0 radical (unpaired) electrons. The van der Waals surface area contributed by atoms with Crippen LogP contribution in [-0.4, -0.2) is 45.9 Å². The van der Waals surface area contributed by atoms with Crippen molar-refractivity contribution >= 4 is 17.7 Å². The van der Waals surface area contributed by atoms with Crippen LogP contribution in [0.15, 0.2) is 12.3 Å². The number of carbonyl (C=O) groups excluding carboxylic acids is 1. The van der Waals surface area contributed by atoms with Crippen LogP contribution in [0.25, 0.3) is 0 Å². The second-order valence-corrected chi connectivity index (χ2v) is 6.92. The third-order valence-corrected chi connectivity index (χ3v) is 3.84. The van der Waals surface area contributed by atoms with Gasteiger partial charge in [0.25, 0.3) is 0 Å². The molecule has 1 saturated heterocycles. The van der Waals surface area contributed by atoms with Gasteiger partial charge < -0.3 is 19.5 Å². The minimum Gasteiger partial charge on any atom is -0.490 e. The van der Waals surface area contributed by atoms with Gasteiger partial charge in [0.05, 0.1) is 18.8 Å². The van der Waals surface area contributed by atoms with Crippen molar-refractivity contribution in [3.8, 4) is 5.75 Å². The molecule has 7 heteroatoms. The number of hydrogen-bond acceptors (Lipinski definition) is 5. The molecule has 0 aromatic carbocycles. The van der Waals surface area contributed by atoms with E-state index in [-0.39, 0.29) is 23.9 Å². The molecule has 1 aliphatic rings. The number of likely N-dealkylation sites (tertiary alicyclic amines) is 1. The third-order valence-electron chi connectivity index (χ3n) is 3.50. The van der Waals surface area contributed by atoms with Gasteiger partial charge in [-0.25, -0.2) is 9.78 Å². The Hall–Kier alpha value is -1.53. The molecule has 1 N–H and O–H groups in total. The number of halogens is 1. The summed E-state index contributed by atoms with van der Waals surface area (Å²) in [6.07, 6.45) is 2.99. The lowest BCUT2D eigenvalue weighted by Crippen LogP contribution is -2.42. The largest absolute Gasteiger partial charge is 0.490 e. The van der Waals surface area contributed by atoms with Gasteiger partial charge >= 0.3 is 6.09 Å². The van der Waals surface area contributed by atoms with E-state index in [1.54, 1.807) is 11.0 Å². The van der Waals surface area contributed by atoms with Gasteiger partial charge in [0, 0.05) is 12.1 Å². The zero-order valence-corrected chi connectivity index (χ0v) is 14.5. The molecule has 1 aromatic heterocycles. The Labute approximate surface area is 141 Å². The predicted octanol–water partition coefficient (Wildman–Crippen LogP) is 3.01. The first-order valence-electron chi connectivity index (χ1n) is 7.68. The molecule has 128 valence electrons. The quantitative estimate of drug-likeness (QED) is 0.851. The SMILES string of the molecule is CC(C)(C)OC(=O)N1CCC[C@H]1COc1cnc(Cl)c(CO)c1. The number of rotatable bonds is 4.